The SMILES string of the molecule is O=C1NC(=O)c2c1c1c3ccccc3n3c1c1c2c2ccccc2n1C(CO)CC3O. The molecule has 7 rings (SSSR count). The van der Waals surface area contributed by atoms with Crippen molar-refractivity contribution in [2.24, 2.45) is 0 Å². The number of aliphatic hydroxyl groups excluding tert-OH is 2. The van der Waals surface area contributed by atoms with E-state index in [1.54, 1.807) is 0 Å². The normalized spacial score (nSPS) is 20.3. The van der Waals surface area contributed by atoms with Gasteiger partial charge in [0, 0.05) is 33.5 Å². The van der Waals surface area contributed by atoms with E-state index in [-0.39, 0.29) is 12.6 Å². The van der Waals surface area contributed by atoms with Gasteiger partial charge in [0.25, 0.3) is 11.8 Å². The predicted molar refractivity (Wildman–Crippen MR) is 116 cm³/mol. The average Bonchev–Trinajstić information content (AvgIpc) is 3.36. The number of benzene rings is 3. The first-order chi connectivity index (χ1) is 15.1. The molecule has 4 heterocycles. The van der Waals surface area contributed by atoms with Crippen molar-refractivity contribution in [3.05, 3.63) is 59.7 Å². The number of aromatic nitrogens is 2. The number of aliphatic hydroxyl groups is 2. The minimum Gasteiger partial charge on any atom is -0.394 e. The third-order valence-corrected chi connectivity index (χ3v) is 6.83. The summed E-state index contributed by atoms with van der Waals surface area (Å²) in [7, 11) is 0. The Morgan fingerprint density at radius 3 is 1.94 bits per heavy atom. The lowest BCUT2D eigenvalue weighted by molar-refractivity contribution is 0.0750. The highest BCUT2D eigenvalue weighted by atomic mass is 16.3. The van der Waals surface area contributed by atoms with Crippen LogP contribution in [0.5, 0.6) is 0 Å². The number of nitrogens with one attached hydrogen (secondary N) is 1. The molecule has 0 spiro atoms. The quantitative estimate of drug-likeness (QED) is 0.369. The van der Waals surface area contributed by atoms with E-state index in [2.05, 4.69) is 5.32 Å². The number of rotatable bonds is 1. The number of hydrogen-bond donors (Lipinski definition) is 3. The molecular weight excluding hydrogens is 394 g/mol. The molecule has 7 heteroatoms. The highest BCUT2D eigenvalue weighted by molar-refractivity contribution is 6.39. The van der Waals surface area contributed by atoms with Crippen molar-refractivity contribution in [3.8, 4) is 0 Å². The van der Waals surface area contributed by atoms with Crippen LogP contribution in [0.25, 0.3) is 43.6 Å². The maximum atomic E-state index is 13.0. The third-order valence-electron chi connectivity index (χ3n) is 6.83. The lowest BCUT2D eigenvalue weighted by Gasteiger charge is -2.20. The number of imide groups is 1. The molecule has 7 nitrogen and oxygen atoms in total. The molecule has 152 valence electrons. The first-order valence-corrected chi connectivity index (χ1v) is 10.3. The topological polar surface area (TPSA) is 96.5 Å². The van der Waals surface area contributed by atoms with E-state index in [4.69, 9.17) is 0 Å². The van der Waals surface area contributed by atoms with Gasteiger partial charge in [0.1, 0.15) is 6.23 Å². The number of carbonyl (C=O) groups excluding carboxylic acids is 2. The van der Waals surface area contributed by atoms with Crippen molar-refractivity contribution in [3.63, 3.8) is 0 Å². The highest BCUT2D eigenvalue weighted by Crippen LogP contribution is 2.48. The van der Waals surface area contributed by atoms with Crippen molar-refractivity contribution in [1.82, 2.24) is 14.5 Å². The summed E-state index contributed by atoms with van der Waals surface area (Å²) >= 11 is 0. The summed E-state index contributed by atoms with van der Waals surface area (Å²) in [5.41, 5.74) is 3.89. The van der Waals surface area contributed by atoms with Gasteiger partial charge in [-0.05, 0) is 12.1 Å². The highest BCUT2D eigenvalue weighted by Gasteiger charge is 2.39. The smallest absolute Gasteiger partial charge is 0.259 e. The lowest BCUT2D eigenvalue weighted by Crippen LogP contribution is -2.20. The molecule has 2 aliphatic rings. The lowest BCUT2D eigenvalue weighted by atomic mass is 9.96. The van der Waals surface area contributed by atoms with Crippen molar-refractivity contribution < 1.29 is 19.8 Å². The first kappa shape index (κ1) is 17.0. The van der Waals surface area contributed by atoms with Crippen LogP contribution in [0.15, 0.2) is 48.5 Å². The maximum absolute atomic E-state index is 13.0. The zero-order valence-corrected chi connectivity index (χ0v) is 16.3. The molecule has 3 N–H and O–H groups in total. The van der Waals surface area contributed by atoms with E-state index < -0.39 is 18.0 Å². The molecule has 0 fully saturated rings. The molecule has 3 aromatic carbocycles. The largest absolute Gasteiger partial charge is 0.394 e. The van der Waals surface area contributed by atoms with E-state index in [0.29, 0.717) is 28.3 Å². The van der Waals surface area contributed by atoms with Crippen LogP contribution in [-0.2, 0) is 0 Å². The molecule has 0 bridgehead atoms. The summed E-state index contributed by atoms with van der Waals surface area (Å²) in [5, 5.41) is 27.0. The fraction of sp³-hybridized carbons (Fsp3) is 0.167. The number of fused-ring (bicyclic) bond motifs is 9. The number of nitrogens with zero attached hydrogens (tertiary/aromatic N) is 2. The van der Waals surface area contributed by atoms with Gasteiger partial charge < -0.3 is 19.3 Å². The van der Waals surface area contributed by atoms with Gasteiger partial charge >= 0.3 is 0 Å². The Kier molecular flexibility index (Phi) is 3.03. The standard InChI is InChI=1S/C24H17N3O4/c28-10-11-9-16(29)27-15-8-4-2-6-13(15)18-20-19(23(30)25-24(20)31)17-12-5-1-3-7-14(12)26(11)21(17)22(18)27/h1-8,11,16,28-29H,9-10H2,(H,25,30,31). The Bertz CT molecular complexity index is 1640. The average molecular weight is 411 g/mol. The second kappa shape index (κ2) is 5.51. The van der Waals surface area contributed by atoms with Crippen molar-refractivity contribution >= 4 is 55.4 Å². The van der Waals surface area contributed by atoms with Gasteiger partial charge in [-0.1, -0.05) is 36.4 Å². The fourth-order valence-corrected chi connectivity index (χ4v) is 5.73. The molecule has 2 amide bonds. The van der Waals surface area contributed by atoms with E-state index in [1.165, 1.54) is 0 Å². The number of hydrogen-bond acceptors (Lipinski definition) is 4. The van der Waals surface area contributed by atoms with Gasteiger partial charge in [0.2, 0.25) is 0 Å². The maximum Gasteiger partial charge on any atom is 0.259 e. The minimum atomic E-state index is -0.889. The Hall–Kier alpha value is -3.68. The number of amides is 2. The molecule has 2 unspecified atom stereocenters. The second-order valence-corrected chi connectivity index (χ2v) is 8.31. The Morgan fingerprint density at radius 1 is 0.839 bits per heavy atom. The monoisotopic (exact) mass is 411 g/mol. The summed E-state index contributed by atoms with van der Waals surface area (Å²) < 4.78 is 3.89. The minimum absolute atomic E-state index is 0.155. The van der Waals surface area contributed by atoms with Gasteiger partial charge in [-0.15, -0.1) is 0 Å². The van der Waals surface area contributed by atoms with Gasteiger partial charge in [0.15, 0.2) is 0 Å². The summed E-state index contributed by atoms with van der Waals surface area (Å²) in [6.45, 7) is -0.155. The molecule has 0 aliphatic carbocycles. The molecule has 0 saturated carbocycles. The van der Waals surface area contributed by atoms with Gasteiger partial charge in [-0.2, -0.15) is 0 Å². The van der Waals surface area contributed by atoms with E-state index in [0.717, 1.165) is 32.8 Å². The van der Waals surface area contributed by atoms with Crippen LogP contribution in [0.3, 0.4) is 0 Å². The van der Waals surface area contributed by atoms with Crippen LogP contribution in [0.4, 0.5) is 0 Å². The van der Waals surface area contributed by atoms with Crippen LogP contribution in [0.2, 0.25) is 0 Å². The molecule has 2 atom stereocenters. The van der Waals surface area contributed by atoms with Gasteiger partial charge in [0.05, 0.1) is 40.3 Å². The van der Waals surface area contributed by atoms with Crippen molar-refractivity contribution in [2.75, 3.05) is 6.61 Å². The summed E-state index contributed by atoms with van der Waals surface area (Å²) in [5.74, 6) is -0.828. The Balaban J connectivity index is 1.92. The van der Waals surface area contributed by atoms with Crippen molar-refractivity contribution in [1.29, 1.82) is 0 Å². The molecular formula is C24H17N3O4. The molecule has 31 heavy (non-hydrogen) atoms. The van der Waals surface area contributed by atoms with Crippen LogP contribution in [0, 0.1) is 0 Å². The van der Waals surface area contributed by atoms with Gasteiger partial charge in [-0.25, -0.2) is 0 Å². The number of carbonyl (C=O) groups is 2. The molecule has 0 saturated heterocycles. The third kappa shape index (κ3) is 1.83. The first-order valence-electron chi connectivity index (χ1n) is 10.3. The predicted octanol–water partition coefficient (Wildman–Crippen LogP) is 3.21. The summed E-state index contributed by atoms with van der Waals surface area (Å²) in [6, 6.07) is 15.0. The zero-order valence-electron chi connectivity index (χ0n) is 16.3. The van der Waals surface area contributed by atoms with E-state index in [9.17, 15) is 19.8 Å². The van der Waals surface area contributed by atoms with Crippen molar-refractivity contribution in [2.45, 2.75) is 18.7 Å². The van der Waals surface area contributed by atoms with Gasteiger partial charge in [-0.3, -0.25) is 14.9 Å². The van der Waals surface area contributed by atoms with Crippen LogP contribution in [-0.4, -0.2) is 37.8 Å². The van der Waals surface area contributed by atoms with E-state index in [1.807, 2.05) is 57.7 Å². The Labute approximate surface area is 175 Å². The number of para-hydroxylation sites is 2. The molecule has 5 aromatic rings. The zero-order chi connectivity index (χ0) is 21.0. The summed E-state index contributed by atoms with van der Waals surface area (Å²) in [6.07, 6.45) is -0.586. The fourth-order valence-electron chi connectivity index (χ4n) is 5.73. The molecule has 0 radical (unpaired) electrons. The van der Waals surface area contributed by atoms with Crippen LogP contribution in [0.1, 0.15) is 39.4 Å². The van der Waals surface area contributed by atoms with Crippen LogP contribution < -0.4 is 5.32 Å². The molecule has 2 aromatic heterocycles. The Morgan fingerprint density at radius 2 is 1.35 bits per heavy atom. The van der Waals surface area contributed by atoms with E-state index >= 15 is 0 Å². The van der Waals surface area contributed by atoms with Crippen LogP contribution >= 0.6 is 0 Å². The summed E-state index contributed by atoms with van der Waals surface area (Å²) in [4.78, 5) is 26.0. The molecule has 2 aliphatic heterocycles. The second-order valence-electron chi connectivity index (χ2n) is 8.31.